The Bertz CT molecular complexity index is 974. The highest BCUT2D eigenvalue weighted by atomic mass is 32.2. The Hall–Kier alpha value is -3.11. The molecule has 0 saturated heterocycles. The number of nitrogens with one attached hydrogen (secondary N) is 3. The molecule has 1 aromatic carbocycles. The van der Waals surface area contributed by atoms with E-state index < -0.39 is 15.9 Å². The highest BCUT2D eigenvalue weighted by molar-refractivity contribution is 7.89. The fourth-order valence-electron chi connectivity index (χ4n) is 2.14. The van der Waals surface area contributed by atoms with Gasteiger partial charge in [-0.25, -0.2) is 23.1 Å². The van der Waals surface area contributed by atoms with Gasteiger partial charge in [-0.05, 0) is 30.3 Å². The van der Waals surface area contributed by atoms with Crippen LogP contribution in [0.3, 0.4) is 0 Å². The molecule has 0 fully saturated rings. The number of benzene rings is 1. The number of rotatable bonds is 7. The molecule has 26 heavy (non-hydrogen) atoms. The first-order valence-electron chi connectivity index (χ1n) is 7.66. The number of aromatic amines is 1. The molecule has 2 heterocycles. The molecule has 0 aliphatic heterocycles. The van der Waals surface area contributed by atoms with E-state index in [2.05, 4.69) is 30.2 Å². The van der Waals surface area contributed by atoms with Gasteiger partial charge in [-0.2, -0.15) is 5.10 Å². The van der Waals surface area contributed by atoms with Crippen molar-refractivity contribution in [1.82, 2.24) is 30.2 Å². The highest BCUT2D eigenvalue weighted by Crippen LogP contribution is 2.12. The lowest BCUT2D eigenvalue weighted by Crippen LogP contribution is -2.25. The Kier molecular flexibility index (Phi) is 5.34. The summed E-state index contributed by atoms with van der Waals surface area (Å²) in [6.07, 6.45) is 4.50. The molecule has 0 saturated carbocycles. The third-order valence-corrected chi connectivity index (χ3v) is 4.89. The number of H-pyrrole nitrogens is 1. The van der Waals surface area contributed by atoms with Crippen molar-refractivity contribution in [3.05, 3.63) is 72.1 Å². The molecule has 0 bridgehead atoms. The maximum Gasteiger partial charge on any atom is 0.251 e. The molecule has 9 nitrogen and oxygen atoms in total. The monoisotopic (exact) mass is 372 g/mol. The van der Waals surface area contributed by atoms with Crippen LogP contribution >= 0.6 is 0 Å². The van der Waals surface area contributed by atoms with E-state index in [1.807, 2.05) is 0 Å². The van der Waals surface area contributed by atoms with Gasteiger partial charge in [-0.3, -0.25) is 9.89 Å². The van der Waals surface area contributed by atoms with Gasteiger partial charge in [-0.1, -0.05) is 6.07 Å². The Balaban J connectivity index is 1.67. The fraction of sp³-hybridized carbons (Fsp3) is 0.125. The minimum Gasteiger partial charge on any atom is -0.346 e. The van der Waals surface area contributed by atoms with Crippen LogP contribution in [0.2, 0.25) is 0 Å². The number of carbonyl (C=O) groups excluding carboxylic acids is 1. The normalized spacial score (nSPS) is 11.2. The standard InChI is InChI=1S/C16H16N6O3S/c23-16(18-9-13-4-6-17-11-19-13)12-2-1-3-15(8-12)26(24,25)21-10-14-5-7-20-22-14/h1-8,11,21H,9-10H2,(H,18,23)(H,20,22). The Labute approximate surface area is 149 Å². The lowest BCUT2D eigenvalue weighted by Gasteiger charge is -2.08. The zero-order chi connectivity index (χ0) is 18.4. The molecule has 134 valence electrons. The summed E-state index contributed by atoms with van der Waals surface area (Å²) in [5.41, 5.74) is 1.52. The van der Waals surface area contributed by atoms with Crippen LogP contribution in [0.15, 0.2) is 60.0 Å². The Morgan fingerprint density at radius 3 is 2.73 bits per heavy atom. The topological polar surface area (TPSA) is 130 Å². The van der Waals surface area contributed by atoms with E-state index in [4.69, 9.17) is 0 Å². The summed E-state index contributed by atoms with van der Waals surface area (Å²) in [7, 11) is -3.76. The Morgan fingerprint density at radius 2 is 2.00 bits per heavy atom. The average molecular weight is 372 g/mol. The molecule has 1 amide bonds. The first-order valence-corrected chi connectivity index (χ1v) is 9.14. The van der Waals surface area contributed by atoms with Gasteiger partial charge in [0.25, 0.3) is 5.91 Å². The predicted octanol–water partition coefficient (Wildman–Crippen LogP) is 0.608. The van der Waals surface area contributed by atoms with E-state index >= 15 is 0 Å². The zero-order valence-electron chi connectivity index (χ0n) is 13.6. The number of carbonyl (C=O) groups is 1. The smallest absolute Gasteiger partial charge is 0.251 e. The predicted molar refractivity (Wildman–Crippen MR) is 92.3 cm³/mol. The van der Waals surface area contributed by atoms with E-state index in [0.717, 1.165) is 0 Å². The molecule has 0 spiro atoms. The van der Waals surface area contributed by atoms with Crippen molar-refractivity contribution in [2.75, 3.05) is 0 Å². The van der Waals surface area contributed by atoms with Gasteiger partial charge in [0, 0.05) is 18.0 Å². The van der Waals surface area contributed by atoms with Crippen LogP contribution in [-0.4, -0.2) is 34.5 Å². The molecule has 2 aromatic heterocycles. The number of nitrogens with zero attached hydrogens (tertiary/aromatic N) is 3. The van der Waals surface area contributed by atoms with Crippen LogP contribution in [0.1, 0.15) is 21.7 Å². The molecule has 3 rings (SSSR count). The van der Waals surface area contributed by atoms with Crippen LogP contribution in [0.5, 0.6) is 0 Å². The lowest BCUT2D eigenvalue weighted by molar-refractivity contribution is 0.0950. The van der Waals surface area contributed by atoms with Crippen molar-refractivity contribution in [2.45, 2.75) is 18.0 Å². The molecular weight excluding hydrogens is 356 g/mol. The number of sulfonamides is 1. The van der Waals surface area contributed by atoms with Crippen molar-refractivity contribution in [1.29, 1.82) is 0 Å². The first kappa shape index (κ1) is 17.7. The molecule has 3 N–H and O–H groups in total. The number of hydrogen-bond acceptors (Lipinski definition) is 6. The molecule has 0 unspecified atom stereocenters. The van der Waals surface area contributed by atoms with Crippen molar-refractivity contribution < 1.29 is 13.2 Å². The van der Waals surface area contributed by atoms with Gasteiger partial charge >= 0.3 is 0 Å². The third-order valence-electron chi connectivity index (χ3n) is 3.49. The molecule has 0 aliphatic rings. The highest BCUT2D eigenvalue weighted by Gasteiger charge is 2.16. The summed E-state index contributed by atoms with van der Waals surface area (Å²) in [6.45, 7) is 0.295. The maximum atomic E-state index is 12.4. The quantitative estimate of drug-likeness (QED) is 0.557. The van der Waals surface area contributed by atoms with Crippen LogP contribution in [0.4, 0.5) is 0 Å². The number of hydrogen-bond donors (Lipinski definition) is 3. The maximum absolute atomic E-state index is 12.4. The second-order valence-corrected chi connectivity index (χ2v) is 7.08. The van der Waals surface area contributed by atoms with Crippen molar-refractivity contribution >= 4 is 15.9 Å². The molecule has 0 atom stereocenters. The van der Waals surface area contributed by atoms with Crippen LogP contribution in [0, 0.1) is 0 Å². The van der Waals surface area contributed by atoms with Gasteiger partial charge in [-0.15, -0.1) is 0 Å². The first-order chi connectivity index (χ1) is 12.5. The van der Waals surface area contributed by atoms with E-state index in [1.165, 1.54) is 30.7 Å². The van der Waals surface area contributed by atoms with Crippen LogP contribution in [0.25, 0.3) is 0 Å². The van der Waals surface area contributed by atoms with Gasteiger partial charge in [0.1, 0.15) is 6.33 Å². The summed E-state index contributed by atoms with van der Waals surface area (Å²) >= 11 is 0. The molecule has 0 radical (unpaired) electrons. The SMILES string of the molecule is O=C(NCc1ccncn1)c1cccc(S(=O)(=O)NCc2ccn[nH]2)c1. The number of aromatic nitrogens is 4. The van der Waals surface area contributed by atoms with Gasteiger partial charge < -0.3 is 5.32 Å². The lowest BCUT2D eigenvalue weighted by atomic mass is 10.2. The number of amides is 1. The second-order valence-electron chi connectivity index (χ2n) is 5.32. The van der Waals surface area contributed by atoms with Gasteiger partial charge in [0.2, 0.25) is 10.0 Å². The Morgan fingerprint density at radius 1 is 1.12 bits per heavy atom. The van der Waals surface area contributed by atoms with Crippen molar-refractivity contribution in [3.63, 3.8) is 0 Å². The largest absolute Gasteiger partial charge is 0.346 e. The van der Waals surface area contributed by atoms with Crippen LogP contribution < -0.4 is 10.0 Å². The van der Waals surface area contributed by atoms with Gasteiger partial charge in [0.15, 0.2) is 0 Å². The minimum absolute atomic E-state index is 0.00621. The molecule has 3 aromatic rings. The van der Waals surface area contributed by atoms with Crippen molar-refractivity contribution in [2.24, 2.45) is 0 Å². The van der Waals surface area contributed by atoms with Gasteiger partial charge in [0.05, 0.1) is 29.4 Å². The minimum atomic E-state index is -3.76. The second kappa shape index (κ2) is 7.85. The zero-order valence-corrected chi connectivity index (χ0v) is 14.4. The van der Waals surface area contributed by atoms with E-state index in [0.29, 0.717) is 11.4 Å². The summed E-state index contributed by atoms with van der Waals surface area (Å²) in [5, 5.41) is 9.12. The molecule has 10 heteroatoms. The average Bonchev–Trinajstić information content (AvgIpc) is 3.19. The van der Waals surface area contributed by atoms with E-state index in [9.17, 15) is 13.2 Å². The summed E-state index contributed by atoms with van der Waals surface area (Å²) in [6, 6.07) is 9.16. The van der Waals surface area contributed by atoms with E-state index in [-0.39, 0.29) is 23.5 Å². The van der Waals surface area contributed by atoms with E-state index in [1.54, 1.807) is 24.4 Å². The summed E-state index contributed by atoms with van der Waals surface area (Å²) in [5.74, 6) is -0.394. The third kappa shape index (κ3) is 4.49. The van der Waals surface area contributed by atoms with Crippen LogP contribution in [-0.2, 0) is 23.1 Å². The molecular formula is C16H16N6O3S. The fourth-order valence-corrected chi connectivity index (χ4v) is 3.19. The summed E-state index contributed by atoms with van der Waals surface area (Å²) in [4.78, 5) is 20.1. The summed E-state index contributed by atoms with van der Waals surface area (Å²) < 4.78 is 27.2. The van der Waals surface area contributed by atoms with Crippen molar-refractivity contribution in [3.8, 4) is 0 Å². The molecule has 0 aliphatic carbocycles.